The molecule has 0 aromatic heterocycles. The maximum atomic E-state index is 14.0. The highest BCUT2D eigenvalue weighted by atomic mass is 19.1. The topological polar surface area (TPSA) is 17.1 Å². The average Bonchev–Trinajstić information content (AvgIpc) is 2.49. The standard InChI is InChI=1S/C16H15FO.C2H6/c1-11(12(2)18)14-8-9-15(16(17)10-14)13-6-4-3-5-7-13;1-2/h3-11H,1-2H3;1-2H3. The highest BCUT2D eigenvalue weighted by Crippen LogP contribution is 2.26. The van der Waals surface area contributed by atoms with Gasteiger partial charge in [0.15, 0.2) is 0 Å². The molecule has 2 rings (SSSR count). The lowest BCUT2D eigenvalue weighted by Crippen LogP contribution is -2.04. The zero-order chi connectivity index (χ0) is 15.1. The van der Waals surface area contributed by atoms with Gasteiger partial charge in [-0.1, -0.05) is 63.2 Å². The Morgan fingerprint density at radius 2 is 1.65 bits per heavy atom. The Kier molecular flexibility index (Phi) is 6.10. The fraction of sp³-hybridized carbons (Fsp3) is 0.278. The molecule has 0 aliphatic carbocycles. The van der Waals surface area contributed by atoms with Gasteiger partial charge < -0.3 is 0 Å². The van der Waals surface area contributed by atoms with Gasteiger partial charge in [-0.3, -0.25) is 4.79 Å². The van der Waals surface area contributed by atoms with Gasteiger partial charge in [0, 0.05) is 11.5 Å². The number of ketones is 1. The summed E-state index contributed by atoms with van der Waals surface area (Å²) in [6, 6.07) is 14.4. The third kappa shape index (κ3) is 3.77. The lowest BCUT2D eigenvalue weighted by Gasteiger charge is -2.10. The second-order valence-electron chi connectivity index (χ2n) is 4.44. The van der Waals surface area contributed by atoms with Crippen LogP contribution in [-0.2, 0) is 4.79 Å². The number of benzene rings is 2. The van der Waals surface area contributed by atoms with Crippen LogP contribution in [0.2, 0.25) is 0 Å². The van der Waals surface area contributed by atoms with Crippen molar-refractivity contribution in [1.29, 1.82) is 0 Å². The summed E-state index contributed by atoms with van der Waals surface area (Å²) in [6.07, 6.45) is 0. The zero-order valence-corrected chi connectivity index (χ0v) is 12.5. The zero-order valence-electron chi connectivity index (χ0n) is 12.5. The number of halogens is 1. The van der Waals surface area contributed by atoms with Crippen molar-refractivity contribution in [3.63, 3.8) is 0 Å². The van der Waals surface area contributed by atoms with Crippen LogP contribution in [0.15, 0.2) is 48.5 Å². The second kappa shape index (κ2) is 7.59. The highest BCUT2D eigenvalue weighted by Gasteiger charge is 2.13. The number of hydrogen-bond acceptors (Lipinski definition) is 1. The SMILES string of the molecule is CC.CC(=O)C(C)c1ccc(-c2ccccc2)c(F)c1. The number of carbonyl (C=O) groups is 1. The van der Waals surface area contributed by atoms with E-state index in [-0.39, 0.29) is 17.5 Å². The van der Waals surface area contributed by atoms with E-state index in [9.17, 15) is 9.18 Å². The summed E-state index contributed by atoms with van der Waals surface area (Å²) < 4.78 is 14.0. The van der Waals surface area contributed by atoms with Crippen molar-refractivity contribution in [3.8, 4) is 11.1 Å². The van der Waals surface area contributed by atoms with Crippen LogP contribution in [0.3, 0.4) is 0 Å². The molecule has 2 heteroatoms. The molecule has 2 aromatic rings. The van der Waals surface area contributed by atoms with E-state index >= 15 is 0 Å². The Balaban J connectivity index is 0.000000956. The molecule has 0 aliphatic rings. The predicted octanol–water partition coefficient (Wildman–Crippen LogP) is 5.21. The van der Waals surface area contributed by atoms with E-state index < -0.39 is 0 Å². The van der Waals surface area contributed by atoms with Crippen molar-refractivity contribution in [2.45, 2.75) is 33.6 Å². The third-order valence-corrected chi connectivity index (χ3v) is 3.19. The van der Waals surface area contributed by atoms with Crippen LogP contribution < -0.4 is 0 Å². The summed E-state index contributed by atoms with van der Waals surface area (Å²) in [7, 11) is 0. The number of carbonyl (C=O) groups excluding carboxylic acids is 1. The van der Waals surface area contributed by atoms with Crippen molar-refractivity contribution >= 4 is 5.78 Å². The molecular formula is C18H21FO. The predicted molar refractivity (Wildman–Crippen MR) is 82.3 cm³/mol. The molecule has 0 radical (unpaired) electrons. The molecule has 0 saturated carbocycles. The molecule has 0 amide bonds. The molecule has 0 heterocycles. The Bertz CT molecular complexity index is 561. The molecule has 0 aliphatic heterocycles. The first-order chi connectivity index (χ1) is 9.59. The van der Waals surface area contributed by atoms with Crippen LogP contribution in [0.1, 0.15) is 39.2 Å². The second-order valence-corrected chi connectivity index (χ2v) is 4.44. The Morgan fingerprint density at radius 3 is 2.15 bits per heavy atom. The summed E-state index contributed by atoms with van der Waals surface area (Å²) >= 11 is 0. The molecular weight excluding hydrogens is 251 g/mol. The van der Waals surface area contributed by atoms with Crippen LogP contribution in [0.4, 0.5) is 4.39 Å². The quantitative estimate of drug-likeness (QED) is 0.749. The van der Waals surface area contributed by atoms with Gasteiger partial charge in [-0.15, -0.1) is 0 Å². The van der Waals surface area contributed by atoms with Crippen LogP contribution in [0.5, 0.6) is 0 Å². The van der Waals surface area contributed by atoms with Crippen molar-refractivity contribution in [1.82, 2.24) is 0 Å². The number of hydrogen-bond donors (Lipinski definition) is 0. The van der Waals surface area contributed by atoms with Gasteiger partial charge in [0.2, 0.25) is 0 Å². The van der Waals surface area contributed by atoms with Crippen LogP contribution in [0, 0.1) is 5.82 Å². The van der Waals surface area contributed by atoms with Gasteiger partial charge in [0.1, 0.15) is 11.6 Å². The van der Waals surface area contributed by atoms with Gasteiger partial charge in [0.05, 0.1) is 0 Å². The van der Waals surface area contributed by atoms with Crippen LogP contribution in [0.25, 0.3) is 11.1 Å². The lowest BCUT2D eigenvalue weighted by molar-refractivity contribution is -0.118. The first-order valence-corrected chi connectivity index (χ1v) is 6.95. The largest absolute Gasteiger partial charge is 0.299 e. The van der Waals surface area contributed by atoms with Gasteiger partial charge in [0.25, 0.3) is 0 Å². The first-order valence-electron chi connectivity index (χ1n) is 6.95. The smallest absolute Gasteiger partial charge is 0.136 e. The molecule has 106 valence electrons. The Hall–Kier alpha value is -1.96. The van der Waals surface area contributed by atoms with Crippen LogP contribution in [-0.4, -0.2) is 5.78 Å². The molecule has 1 unspecified atom stereocenters. The Morgan fingerprint density at radius 1 is 1.05 bits per heavy atom. The normalized spacial score (nSPS) is 11.2. The minimum absolute atomic E-state index is 0.0434. The summed E-state index contributed by atoms with van der Waals surface area (Å²) in [5.74, 6) is -0.502. The van der Waals surface area contributed by atoms with Crippen molar-refractivity contribution < 1.29 is 9.18 Å². The number of rotatable bonds is 3. The molecule has 1 atom stereocenters. The number of Topliss-reactive ketones (excluding diaryl/α,β-unsaturated/α-hetero) is 1. The van der Waals surface area contributed by atoms with E-state index in [0.29, 0.717) is 5.56 Å². The molecule has 0 fully saturated rings. The molecule has 20 heavy (non-hydrogen) atoms. The molecule has 1 nitrogen and oxygen atoms in total. The van der Waals surface area contributed by atoms with E-state index in [1.54, 1.807) is 13.0 Å². The monoisotopic (exact) mass is 272 g/mol. The maximum Gasteiger partial charge on any atom is 0.136 e. The average molecular weight is 272 g/mol. The van der Waals surface area contributed by atoms with Gasteiger partial charge in [-0.25, -0.2) is 4.39 Å². The third-order valence-electron chi connectivity index (χ3n) is 3.19. The van der Waals surface area contributed by atoms with Crippen molar-refractivity contribution in [2.75, 3.05) is 0 Å². The van der Waals surface area contributed by atoms with E-state index in [2.05, 4.69) is 0 Å². The van der Waals surface area contributed by atoms with Gasteiger partial charge >= 0.3 is 0 Å². The van der Waals surface area contributed by atoms with Crippen LogP contribution >= 0.6 is 0 Å². The summed E-state index contributed by atoms with van der Waals surface area (Å²) in [5, 5.41) is 0. The first kappa shape index (κ1) is 16.1. The van der Waals surface area contributed by atoms with E-state index in [4.69, 9.17) is 0 Å². The van der Waals surface area contributed by atoms with Crippen molar-refractivity contribution in [3.05, 3.63) is 59.9 Å². The van der Waals surface area contributed by atoms with E-state index in [1.807, 2.05) is 50.2 Å². The molecule has 0 N–H and O–H groups in total. The fourth-order valence-corrected chi connectivity index (χ4v) is 1.89. The minimum atomic E-state index is -0.285. The van der Waals surface area contributed by atoms with Crippen molar-refractivity contribution in [2.24, 2.45) is 0 Å². The summed E-state index contributed by atoms with van der Waals surface area (Å²) in [6.45, 7) is 7.31. The summed E-state index contributed by atoms with van der Waals surface area (Å²) in [5.41, 5.74) is 2.13. The lowest BCUT2D eigenvalue weighted by atomic mass is 9.95. The van der Waals surface area contributed by atoms with E-state index in [0.717, 1.165) is 11.1 Å². The Labute approximate surface area is 120 Å². The highest BCUT2D eigenvalue weighted by molar-refractivity contribution is 5.83. The molecule has 2 aromatic carbocycles. The van der Waals surface area contributed by atoms with E-state index in [1.165, 1.54) is 13.0 Å². The minimum Gasteiger partial charge on any atom is -0.299 e. The van der Waals surface area contributed by atoms with Gasteiger partial charge in [-0.2, -0.15) is 0 Å². The molecule has 0 saturated heterocycles. The maximum absolute atomic E-state index is 14.0. The summed E-state index contributed by atoms with van der Waals surface area (Å²) in [4.78, 5) is 11.3. The molecule has 0 spiro atoms. The van der Waals surface area contributed by atoms with Gasteiger partial charge in [-0.05, 0) is 24.1 Å². The molecule has 0 bridgehead atoms. The fourth-order valence-electron chi connectivity index (χ4n) is 1.89.